The molecule has 0 spiro atoms. The second-order valence-electron chi connectivity index (χ2n) is 5.56. The summed E-state index contributed by atoms with van der Waals surface area (Å²) in [6, 6.07) is 9.70. The molecule has 4 unspecified atom stereocenters. The number of benzene rings is 1. The van der Waals surface area contributed by atoms with Crippen LogP contribution in [0.25, 0.3) is 0 Å². The molecule has 2 saturated heterocycles. The first-order valence-electron chi connectivity index (χ1n) is 6.78. The quantitative estimate of drug-likeness (QED) is 0.906. The Balaban J connectivity index is 1.86. The molecule has 1 aromatic carbocycles. The highest BCUT2D eigenvalue weighted by Gasteiger charge is 2.41. The second-order valence-corrected chi connectivity index (χ2v) is 6.00. The molecule has 2 fully saturated rings. The monoisotopic (exact) mass is 265 g/mol. The first-order chi connectivity index (χ1) is 8.78. The van der Waals surface area contributed by atoms with E-state index in [1.807, 2.05) is 12.1 Å². The van der Waals surface area contributed by atoms with Crippen LogP contribution >= 0.6 is 11.6 Å². The van der Waals surface area contributed by atoms with Crippen molar-refractivity contribution in [3.8, 4) is 0 Å². The molecule has 0 saturated carbocycles. The molecule has 2 aliphatic heterocycles. The van der Waals surface area contributed by atoms with E-state index in [9.17, 15) is 0 Å². The lowest BCUT2D eigenvalue weighted by Gasteiger charge is -2.37. The number of hydrogen-bond donors (Lipinski definition) is 1. The third-order valence-corrected chi connectivity index (χ3v) is 4.76. The van der Waals surface area contributed by atoms with Crippen LogP contribution in [-0.2, 0) is 4.74 Å². The Labute approximate surface area is 114 Å². The fourth-order valence-electron chi connectivity index (χ4n) is 3.65. The number of fused-ring (bicyclic) bond motifs is 2. The molecule has 1 N–H and O–H groups in total. The Morgan fingerprint density at radius 2 is 2.06 bits per heavy atom. The minimum Gasteiger partial charge on any atom is -0.384 e. The maximum absolute atomic E-state index is 5.98. The van der Waals surface area contributed by atoms with Crippen molar-refractivity contribution in [2.45, 2.75) is 37.3 Å². The van der Waals surface area contributed by atoms with Crippen LogP contribution in [0.4, 0.5) is 0 Å². The maximum Gasteiger partial charge on any atom is 0.0511 e. The molecule has 0 radical (unpaired) electrons. The zero-order chi connectivity index (χ0) is 12.5. The van der Waals surface area contributed by atoms with E-state index in [4.69, 9.17) is 16.3 Å². The topological polar surface area (TPSA) is 21.3 Å². The van der Waals surface area contributed by atoms with Gasteiger partial charge in [0, 0.05) is 30.1 Å². The maximum atomic E-state index is 5.98. The Morgan fingerprint density at radius 3 is 2.78 bits per heavy atom. The van der Waals surface area contributed by atoms with E-state index in [1.165, 1.54) is 24.8 Å². The van der Waals surface area contributed by atoms with Crippen LogP contribution in [0.3, 0.4) is 0 Å². The number of nitrogens with one attached hydrogen (secondary N) is 1. The Hall–Kier alpha value is -0.570. The smallest absolute Gasteiger partial charge is 0.0511 e. The molecule has 2 nitrogen and oxygen atoms in total. The lowest BCUT2D eigenvalue weighted by Crippen LogP contribution is -2.46. The minimum absolute atomic E-state index is 0.593. The van der Waals surface area contributed by atoms with Gasteiger partial charge in [0.05, 0.1) is 6.61 Å². The molecule has 2 bridgehead atoms. The third kappa shape index (κ3) is 2.29. The summed E-state index contributed by atoms with van der Waals surface area (Å²) in [6.07, 6.45) is 3.84. The Bertz CT molecular complexity index is 405. The zero-order valence-corrected chi connectivity index (χ0v) is 11.5. The van der Waals surface area contributed by atoms with Crippen LogP contribution in [0, 0.1) is 5.92 Å². The first-order valence-corrected chi connectivity index (χ1v) is 7.16. The summed E-state index contributed by atoms with van der Waals surface area (Å²) in [7, 11) is 1.81. The van der Waals surface area contributed by atoms with Crippen molar-refractivity contribution in [1.82, 2.24) is 5.32 Å². The summed E-state index contributed by atoms with van der Waals surface area (Å²) in [5.74, 6) is 1.20. The molecule has 0 aromatic heterocycles. The van der Waals surface area contributed by atoms with E-state index in [0.29, 0.717) is 23.9 Å². The summed E-state index contributed by atoms with van der Waals surface area (Å²) in [4.78, 5) is 0. The van der Waals surface area contributed by atoms with Crippen molar-refractivity contribution in [1.29, 1.82) is 0 Å². The van der Waals surface area contributed by atoms with Gasteiger partial charge in [-0.25, -0.2) is 0 Å². The van der Waals surface area contributed by atoms with Crippen molar-refractivity contribution in [2.24, 2.45) is 5.92 Å². The minimum atomic E-state index is 0.593. The third-order valence-electron chi connectivity index (χ3n) is 4.51. The van der Waals surface area contributed by atoms with Crippen LogP contribution in [-0.4, -0.2) is 25.8 Å². The van der Waals surface area contributed by atoms with Crippen molar-refractivity contribution >= 4 is 11.6 Å². The first kappa shape index (κ1) is 12.5. The van der Waals surface area contributed by atoms with Crippen LogP contribution in [0.1, 0.15) is 30.7 Å². The molecule has 4 atom stereocenters. The summed E-state index contributed by atoms with van der Waals surface area (Å²) < 4.78 is 5.44. The highest BCUT2D eigenvalue weighted by Crippen LogP contribution is 2.41. The van der Waals surface area contributed by atoms with Crippen LogP contribution in [0.5, 0.6) is 0 Å². The molecule has 2 heterocycles. The molecule has 0 aliphatic carbocycles. The van der Waals surface area contributed by atoms with Crippen molar-refractivity contribution in [2.75, 3.05) is 13.7 Å². The van der Waals surface area contributed by atoms with Gasteiger partial charge in [-0.05, 0) is 42.9 Å². The molecule has 3 rings (SSSR count). The summed E-state index contributed by atoms with van der Waals surface area (Å²) in [5.41, 5.74) is 1.42. The Kier molecular flexibility index (Phi) is 3.60. The number of hydrogen-bond acceptors (Lipinski definition) is 2. The number of rotatable bonds is 3. The fraction of sp³-hybridized carbons (Fsp3) is 0.600. The fourth-order valence-corrected chi connectivity index (χ4v) is 3.78. The van der Waals surface area contributed by atoms with Crippen molar-refractivity contribution in [3.63, 3.8) is 0 Å². The lowest BCUT2D eigenvalue weighted by atomic mass is 9.77. The zero-order valence-electron chi connectivity index (χ0n) is 10.7. The molecule has 0 amide bonds. The van der Waals surface area contributed by atoms with Gasteiger partial charge in [0.15, 0.2) is 0 Å². The average molecular weight is 266 g/mol. The number of halogens is 1. The van der Waals surface area contributed by atoms with Crippen LogP contribution in [0.15, 0.2) is 24.3 Å². The van der Waals surface area contributed by atoms with Gasteiger partial charge >= 0.3 is 0 Å². The standard InChI is InChI=1S/C15H20ClNO/c1-18-9-14-13(8-12-6-7-15(14)17-12)10-2-4-11(16)5-3-10/h2-5,12-15,17H,6-9H2,1H3. The van der Waals surface area contributed by atoms with E-state index < -0.39 is 0 Å². The molecule has 98 valence electrons. The van der Waals surface area contributed by atoms with E-state index in [-0.39, 0.29) is 0 Å². The van der Waals surface area contributed by atoms with Gasteiger partial charge < -0.3 is 10.1 Å². The van der Waals surface area contributed by atoms with Gasteiger partial charge in [0.1, 0.15) is 0 Å². The second kappa shape index (κ2) is 5.20. The van der Waals surface area contributed by atoms with Gasteiger partial charge in [0.25, 0.3) is 0 Å². The predicted molar refractivity (Wildman–Crippen MR) is 74.1 cm³/mol. The molecular weight excluding hydrogens is 246 g/mol. The normalized spacial score (nSPS) is 34.8. The van der Waals surface area contributed by atoms with Gasteiger partial charge in [-0.15, -0.1) is 0 Å². The lowest BCUT2D eigenvalue weighted by molar-refractivity contribution is 0.101. The molecule has 18 heavy (non-hydrogen) atoms. The van der Waals surface area contributed by atoms with Crippen molar-refractivity contribution < 1.29 is 4.74 Å². The summed E-state index contributed by atoms with van der Waals surface area (Å²) >= 11 is 5.98. The van der Waals surface area contributed by atoms with Crippen LogP contribution < -0.4 is 5.32 Å². The van der Waals surface area contributed by atoms with Gasteiger partial charge in [0.2, 0.25) is 0 Å². The highest BCUT2D eigenvalue weighted by molar-refractivity contribution is 6.30. The van der Waals surface area contributed by atoms with E-state index >= 15 is 0 Å². The molecule has 3 heteroatoms. The van der Waals surface area contributed by atoms with E-state index in [2.05, 4.69) is 17.4 Å². The summed E-state index contributed by atoms with van der Waals surface area (Å²) in [5, 5.41) is 4.55. The number of ether oxygens (including phenoxy) is 1. The predicted octanol–water partition coefficient (Wildman–Crippen LogP) is 3.21. The van der Waals surface area contributed by atoms with Gasteiger partial charge in [-0.2, -0.15) is 0 Å². The molecule has 2 aliphatic rings. The number of methoxy groups -OCH3 is 1. The highest BCUT2D eigenvalue weighted by atomic mass is 35.5. The van der Waals surface area contributed by atoms with Crippen molar-refractivity contribution in [3.05, 3.63) is 34.9 Å². The van der Waals surface area contributed by atoms with Gasteiger partial charge in [-0.1, -0.05) is 23.7 Å². The largest absolute Gasteiger partial charge is 0.384 e. The summed E-state index contributed by atoms with van der Waals surface area (Å²) in [6.45, 7) is 0.845. The Morgan fingerprint density at radius 1 is 1.28 bits per heavy atom. The molecular formula is C15H20ClNO. The molecule has 1 aromatic rings. The average Bonchev–Trinajstić information content (AvgIpc) is 2.77. The van der Waals surface area contributed by atoms with Crippen LogP contribution in [0.2, 0.25) is 5.02 Å². The van der Waals surface area contributed by atoms with E-state index in [0.717, 1.165) is 11.6 Å². The number of piperidine rings is 1. The van der Waals surface area contributed by atoms with E-state index in [1.54, 1.807) is 7.11 Å². The SMILES string of the molecule is COCC1C2CCC(CC1c1ccc(Cl)cc1)N2. The van der Waals surface area contributed by atoms with Gasteiger partial charge in [-0.3, -0.25) is 0 Å².